The summed E-state index contributed by atoms with van der Waals surface area (Å²) < 4.78 is 25.7. The standard InChI is InChI=1S/C16H13N3O5S2/c1-18-13-8-7-12(26(2,23)24)9-14(13)25-16(18)17-15(20)10-3-5-11(6-4-10)19(21)22/h3-9H,1-2H3. The van der Waals surface area contributed by atoms with Crippen molar-refractivity contribution in [2.45, 2.75) is 4.90 Å². The minimum absolute atomic E-state index is 0.109. The molecule has 1 heterocycles. The van der Waals surface area contributed by atoms with Crippen LogP contribution in [0.25, 0.3) is 10.2 Å². The Labute approximate surface area is 152 Å². The number of aromatic nitrogens is 1. The highest BCUT2D eigenvalue weighted by molar-refractivity contribution is 7.90. The van der Waals surface area contributed by atoms with Crippen LogP contribution < -0.4 is 4.80 Å². The van der Waals surface area contributed by atoms with Gasteiger partial charge >= 0.3 is 0 Å². The van der Waals surface area contributed by atoms with Crippen LogP contribution in [0.2, 0.25) is 0 Å². The molecule has 0 unspecified atom stereocenters. The van der Waals surface area contributed by atoms with Gasteiger partial charge in [-0.2, -0.15) is 4.99 Å². The first kappa shape index (κ1) is 18.0. The number of sulfone groups is 1. The van der Waals surface area contributed by atoms with Gasteiger partial charge in [-0.05, 0) is 30.3 Å². The Bertz CT molecular complexity index is 1200. The fourth-order valence-corrected chi connectivity index (χ4v) is 4.11. The molecule has 0 atom stereocenters. The summed E-state index contributed by atoms with van der Waals surface area (Å²) in [4.78, 5) is 27.1. The number of nitrogens with zero attached hydrogens (tertiary/aromatic N) is 3. The highest BCUT2D eigenvalue weighted by Crippen LogP contribution is 2.21. The number of hydrogen-bond acceptors (Lipinski definition) is 6. The molecule has 8 nitrogen and oxygen atoms in total. The van der Waals surface area contributed by atoms with Crippen molar-refractivity contribution in [2.24, 2.45) is 12.0 Å². The maximum Gasteiger partial charge on any atom is 0.279 e. The van der Waals surface area contributed by atoms with Crippen LogP contribution in [0.15, 0.2) is 52.4 Å². The summed E-state index contributed by atoms with van der Waals surface area (Å²) in [5.41, 5.74) is 0.866. The third kappa shape index (κ3) is 3.41. The molecule has 0 aliphatic carbocycles. The largest absolute Gasteiger partial charge is 0.319 e. The van der Waals surface area contributed by atoms with Crippen molar-refractivity contribution in [1.82, 2.24) is 4.57 Å². The van der Waals surface area contributed by atoms with E-state index >= 15 is 0 Å². The third-order valence-electron chi connectivity index (χ3n) is 3.73. The smallest absolute Gasteiger partial charge is 0.279 e. The molecule has 0 saturated carbocycles. The number of carbonyl (C=O) groups excluding carboxylic acids is 1. The van der Waals surface area contributed by atoms with E-state index in [1.54, 1.807) is 23.7 Å². The third-order valence-corrected chi connectivity index (χ3v) is 5.94. The maximum atomic E-state index is 12.3. The van der Waals surface area contributed by atoms with Gasteiger partial charge in [0.25, 0.3) is 11.6 Å². The Kier molecular flexibility index (Phi) is 4.46. The Balaban J connectivity index is 2.05. The molecule has 3 rings (SSSR count). The molecule has 26 heavy (non-hydrogen) atoms. The molecule has 1 amide bonds. The summed E-state index contributed by atoms with van der Waals surface area (Å²) >= 11 is 1.19. The minimum atomic E-state index is -3.33. The van der Waals surface area contributed by atoms with Gasteiger partial charge in [0.1, 0.15) is 0 Å². The van der Waals surface area contributed by atoms with Crippen LogP contribution >= 0.6 is 11.3 Å². The first-order valence-corrected chi connectivity index (χ1v) is 10.0. The molecule has 0 aliphatic heterocycles. The summed E-state index contributed by atoms with van der Waals surface area (Å²) in [6.45, 7) is 0. The number of amides is 1. The summed E-state index contributed by atoms with van der Waals surface area (Å²) in [6, 6.07) is 9.89. The average molecular weight is 391 g/mol. The van der Waals surface area contributed by atoms with Gasteiger partial charge in [0.2, 0.25) is 0 Å². The molecule has 0 fully saturated rings. The number of thiazole rings is 1. The van der Waals surface area contributed by atoms with Crippen molar-refractivity contribution in [3.05, 3.63) is 62.9 Å². The van der Waals surface area contributed by atoms with E-state index in [1.165, 1.54) is 41.7 Å². The molecule has 0 aliphatic rings. The van der Waals surface area contributed by atoms with Crippen molar-refractivity contribution in [2.75, 3.05) is 6.26 Å². The van der Waals surface area contributed by atoms with Gasteiger partial charge < -0.3 is 4.57 Å². The Morgan fingerprint density at radius 3 is 2.42 bits per heavy atom. The number of hydrogen-bond donors (Lipinski definition) is 0. The Hall–Kier alpha value is -2.85. The van der Waals surface area contributed by atoms with Gasteiger partial charge in [-0.3, -0.25) is 14.9 Å². The van der Waals surface area contributed by atoms with Crippen molar-refractivity contribution < 1.29 is 18.1 Å². The fourth-order valence-electron chi connectivity index (χ4n) is 2.33. The normalized spacial score (nSPS) is 12.5. The highest BCUT2D eigenvalue weighted by atomic mass is 32.2. The number of non-ortho nitro benzene ring substituents is 1. The zero-order valence-electron chi connectivity index (χ0n) is 13.7. The zero-order chi connectivity index (χ0) is 19.1. The van der Waals surface area contributed by atoms with Crippen LogP contribution in [0.5, 0.6) is 0 Å². The molecule has 0 bridgehead atoms. The molecular formula is C16H13N3O5S2. The summed E-state index contributed by atoms with van der Waals surface area (Å²) in [6.07, 6.45) is 1.13. The summed E-state index contributed by atoms with van der Waals surface area (Å²) in [5.74, 6) is -0.537. The van der Waals surface area contributed by atoms with E-state index in [0.29, 0.717) is 9.50 Å². The van der Waals surface area contributed by atoms with Crippen molar-refractivity contribution in [1.29, 1.82) is 0 Å². The van der Waals surface area contributed by atoms with Gasteiger partial charge in [-0.15, -0.1) is 0 Å². The monoisotopic (exact) mass is 391 g/mol. The van der Waals surface area contributed by atoms with Crippen LogP contribution in [-0.4, -0.2) is 30.1 Å². The lowest BCUT2D eigenvalue weighted by molar-refractivity contribution is -0.384. The lowest BCUT2D eigenvalue weighted by atomic mass is 10.2. The van der Waals surface area contributed by atoms with Gasteiger partial charge in [-0.1, -0.05) is 11.3 Å². The molecule has 0 saturated heterocycles. The number of nitro groups is 1. The van der Waals surface area contributed by atoms with Gasteiger partial charge in [0.05, 0.1) is 20.0 Å². The lowest BCUT2D eigenvalue weighted by Gasteiger charge is -1.99. The molecule has 0 radical (unpaired) electrons. The second-order valence-corrected chi connectivity index (χ2v) is 8.59. The van der Waals surface area contributed by atoms with E-state index < -0.39 is 20.7 Å². The van der Waals surface area contributed by atoms with Crippen LogP contribution in [0.1, 0.15) is 10.4 Å². The highest BCUT2D eigenvalue weighted by Gasteiger charge is 2.12. The predicted octanol–water partition coefficient (Wildman–Crippen LogP) is 2.29. The average Bonchev–Trinajstić information content (AvgIpc) is 2.89. The quantitative estimate of drug-likeness (QED) is 0.502. The first-order valence-electron chi connectivity index (χ1n) is 7.30. The molecule has 0 N–H and O–H groups in total. The van der Waals surface area contributed by atoms with Gasteiger partial charge in [0, 0.05) is 31.0 Å². The number of nitro benzene ring substituents is 1. The number of fused-ring (bicyclic) bond motifs is 1. The SMILES string of the molecule is Cn1c(=NC(=O)c2ccc([N+](=O)[O-])cc2)sc2cc(S(C)(=O)=O)ccc21. The van der Waals surface area contributed by atoms with Gasteiger partial charge in [0.15, 0.2) is 14.6 Å². The van der Waals surface area contributed by atoms with Crippen molar-refractivity contribution in [3.8, 4) is 0 Å². The minimum Gasteiger partial charge on any atom is -0.319 e. The van der Waals surface area contributed by atoms with E-state index in [-0.39, 0.29) is 16.1 Å². The number of benzene rings is 2. The van der Waals surface area contributed by atoms with Crippen LogP contribution in [0, 0.1) is 10.1 Å². The van der Waals surface area contributed by atoms with E-state index in [4.69, 9.17) is 0 Å². The van der Waals surface area contributed by atoms with E-state index in [0.717, 1.165) is 11.8 Å². The second kappa shape index (κ2) is 6.46. The first-order chi connectivity index (χ1) is 12.2. The summed E-state index contributed by atoms with van der Waals surface area (Å²) in [7, 11) is -1.61. The van der Waals surface area contributed by atoms with Crippen LogP contribution in [-0.2, 0) is 16.9 Å². The molecule has 0 spiro atoms. The fraction of sp³-hybridized carbons (Fsp3) is 0.125. The Morgan fingerprint density at radius 1 is 1.19 bits per heavy atom. The lowest BCUT2D eigenvalue weighted by Crippen LogP contribution is -2.13. The maximum absolute atomic E-state index is 12.3. The molecular weight excluding hydrogens is 378 g/mol. The number of aryl methyl sites for hydroxylation is 1. The van der Waals surface area contributed by atoms with Crippen molar-refractivity contribution >= 4 is 43.0 Å². The number of carbonyl (C=O) groups is 1. The molecule has 1 aromatic heterocycles. The van der Waals surface area contributed by atoms with E-state index in [9.17, 15) is 23.3 Å². The van der Waals surface area contributed by atoms with Crippen molar-refractivity contribution in [3.63, 3.8) is 0 Å². The number of rotatable bonds is 3. The van der Waals surface area contributed by atoms with E-state index in [1.807, 2.05) is 0 Å². The van der Waals surface area contributed by atoms with E-state index in [2.05, 4.69) is 4.99 Å². The van der Waals surface area contributed by atoms with Crippen LogP contribution in [0.4, 0.5) is 5.69 Å². The zero-order valence-corrected chi connectivity index (χ0v) is 15.4. The topological polar surface area (TPSA) is 112 Å². The second-order valence-electron chi connectivity index (χ2n) is 5.57. The Morgan fingerprint density at radius 2 is 1.85 bits per heavy atom. The molecule has 134 valence electrons. The molecule has 10 heteroatoms. The summed E-state index contributed by atoms with van der Waals surface area (Å²) in [5, 5.41) is 10.7. The predicted molar refractivity (Wildman–Crippen MR) is 96.9 cm³/mol. The molecule has 2 aromatic carbocycles. The van der Waals surface area contributed by atoms with Crippen LogP contribution in [0.3, 0.4) is 0 Å². The van der Waals surface area contributed by atoms with Gasteiger partial charge in [-0.25, -0.2) is 8.42 Å². The molecule has 3 aromatic rings.